The minimum Gasteiger partial charge on any atom is -0.458 e. The molecule has 0 amide bonds. The second-order valence-electron chi connectivity index (χ2n) is 13.5. The van der Waals surface area contributed by atoms with Crippen molar-refractivity contribution in [2.24, 2.45) is 0 Å². The van der Waals surface area contributed by atoms with Crippen LogP contribution in [0.3, 0.4) is 0 Å². The van der Waals surface area contributed by atoms with Crippen LogP contribution in [-0.2, 0) is 0 Å². The first-order valence-corrected chi connectivity index (χ1v) is 16.8. The Bertz CT molecular complexity index is 2610. The Balaban J connectivity index is 1.29. The molecule has 0 unspecified atom stereocenters. The van der Waals surface area contributed by atoms with E-state index in [1.54, 1.807) is 0 Å². The van der Waals surface area contributed by atoms with Crippen LogP contribution in [0.5, 0.6) is 11.5 Å². The molecule has 0 saturated heterocycles. The topological polar surface area (TPSA) is 14.2 Å². The third-order valence-corrected chi connectivity index (χ3v) is 10.5. The van der Waals surface area contributed by atoms with E-state index in [2.05, 4.69) is 165 Å². The van der Waals surface area contributed by atoms with Gasteiger partial charge in [0.1, 0.15) is 11.5 Å². The molecule has 0 fully saturated rings. The molecule has 2 aliphatic rings. The van der Waals surface area contributed by atoms with Gasteiger partial charge in [-0.05, 0) is 106 Å². The predicted molar refractivity (Wildman–Crippen MR) is 202 cm³/mol. The van der Waals surface area contributed by atoms with Gasteiger partial charge in [0.15, 0.2) is 0 Å². The van der Waals surface area contributed by atoms with Crippen LogP contribution in [0.1, 0.15) is 16.7 Å². The number of hydrogen-bond donors (Lipinski definition) is 0. The Hall–Kier alpha value is -5.80. The highest BCUT2D eigenvalue weighted by Crippen LogP contribution is 2.42. The first-order chi connectivity index (χ1) is 23.5. The monoisotopic (exact) mass is 613 g/mol. The molecule has 0 bridgehead atoms. The summed E-state index contributed by atoms with van der Waals surface area (Å²) in [7, 11) is 0. The van der Waals surface area contributed by atoms with Crippen LogP contribution < -0.4 is 21.1 Å². The minimum absolute atomic E-state index is 0.0451. The van der Waals surface area contributed by atoms with E-state index in [0.29, 0.717) is 0 Å². The number of para-hydroxylation sites is 2. The zero-order valence-electron chi connectivity index (χ0n) is 27.2. The summed E-state index contributed by atoms with van der Waals surface area (Å²) in [5.74, 6) is 1.86. The van der Waals surface area contributed by atoms with Gasteiger partial charge >= 0.3 is 0 Å². The lowest BCUT2D eigenvalue weighted by atomic mass is 9.34. The smallest absolute Gasteiger partial charge is 0.256 e. The van der Waals surface area contributed by atoms with E-state index in [9.17, 15) is 0 Å². The molecule has 10 rings (SSSR count). The van der Waals surface area contributed by atoms with Gasteiger partial charge < -0.3 is 9.30 Å². The maximum absolute atomic E-state index is 6.99. The normalized spacial score (nSPS) is 12.6. The fraction of sp³-hybridized carbons (Fsp3) is 0.0667. The van der Waals surface area contributed by atoms with E-state index in [1.807, 2.05) is 0 Å². The first kappa shape index (κ1) is 27.3. The van der Waals surface area contributed by atoms with E-state index in [4.69, 9.17) is 4.74 Å². The molecule has 0 aliphatic carbocycles. The molecule has 2 nitrogen and oxygen atoms in total. The third kappa shape index (κ3) is 3.82. The Morgan fingerprint density at radius 1 is 0.521 bits per heavy atom. The van der Waals surface area contributed by atoms with Crippen molar-refractivity contribution in [2.75, 3.05) is 0 Å². The van der Waals surface area contributed by atoms with E-state index < -0.39 is 0 Å². The van der Waals surface area contributed by atoms with Gasteiger partial charge in [0.05, 0.1) is 5.52 Å². The number of ether oxygens (including phenoxy) is 1. The maximum Gasteiger partial charge on any atom is 0.256 e. The average Bonchev–Trinajstić information content (AvgIpc) is 3.45. The molecule has 7 aromatic carbocycles. The van der Waals surface area contributed by atoms with Crippen molar-refractivity contribution in [1.82, 2.24) is 4.57 Å². The largest absolute Gasteiger partial charge is 0.458 e. The average molecular weight is 614 g/mol. The van der Waals surface area contributed by atoms with Crippen molar-refractivity contribution < 1.29 is 4.74 Å². The second-order valence-corrected chi connectivity index (χ2v) is 13.5. The van der Waals surface area contributed by atoms with Crippen molar-refractivity contribution in [3.05, 3.63) is 156 Å². The summed E-state index contributed by atoms with van der Waals surface area (Å²) in [5.41, 5.74) is 18.7. The number of benzene rings is 7. The summed E-state index contributed by atoms with van der Waals surface area (Å²) in [6.45, 7) is 6.68. The number of aryl methyl sites for hydroxylation is 3. The lowest BCUT2D eigenvalue weighted by Crippen LogP contribution is -2.58. The molecule has 0 saturated carbocycles. The van der Waals surface area contributed by atoms with Crippen molar-refractivity contribution in [2.45, 2.75) is 20.8 Å². The first-order valence-electron chi connectivity index (χ1n) is 16.8. The summed E-state index contributed by atoms with van der Waals surface area (Å²) in [6.07, 6.45) is 0. The fourth-order valence-corrected chi connectivity index (χ4v) is 8.71. The molecule has 1 aromatic heterocycles. The molecule has 3 heterocycles. The van der Waals surface area contributed by atoms with Gasteiger partial charge in [0.2, 0.25) is 0 Å². The third-order valence-electron chi connectivity index (χ3n) is 10.5. The molecule has 0 atom stereocenters. The lowest BCUT2D eigenvalue weighted by molar-refractivity contribution is 0.487. The Morgan fingerprint density at radius 2 is 1.23 bits per heavy atom. The maximum atomic E-state index is 6.99. The van der Waals surface area contributed by atoms with Crippen LogP contribution in [-0.4, -0.2) is 11.3 Å². The highest BCUT2D eigenvalue weighted by atomic mass is 16.5. The van der Waals surface area contributed by atoms with Crippen LogP contribution in [0, 0.1) is 20.8 Å². The van der Waals surface area contributed by atoms with Crippen molar-refractivity contribution in [3.63, 3.8) is 0 Å². The Morgan fingerprint density at radius 3 is 2.04 bits per heavy atom. The summed E-state index contributed by atoms with van der Waals surface area (Å²) in [6, 6.07) is 51.2. The number of nitrogens with zero attached hydrogens (tertiary/aromatic N) is 1. The quantitative estimate of drug-likeness (QED) is 0.181. The van der Waals surface area contributed by atoms with Crippen molar-refractivity contribution in [3.8, 4) is 50.6 Å². The summed E-state index contributed by atoms with van der Waals surface area (Å²) >= 11 is 0. The van der Waals surface area contributed by atoms with E-state index in [1.165, 1.54) is 88.4 Å². The Labute approximate surface area is 281 Å². The van der Waals surface area contributed by atoms with E-state index in [-0.39, 0.29) is 6.71 Å². The van der Waals surface area contributed by atoms with Gasteiger partial charge in [-0.15, -0.1) is 0 Å². The molecule has 0 spiro atoms. The van der Waals surface area contributed by atoms with Gasteiger partial charge in [0, 0.05) is 22.0 Å². The number of hydrogen-bond acceptors (Lipinski definition) is 1. The molecular weight excluding hydrogens is 581 g/mol. The van der Waals surface area contributed by atoms with Gasteiger partial charge in [-0.3, -0.25) is 0 Å². The van der Waals surface area contributed by atoms with Crippen molar-refractivity contribution >= 4 is 44.9 Å². The zero-order valence-corrected chi connectivity index (χ0v) is 27.2. The SMILES string of the molecule is Cc1cc(C)c(-c2ccc3c(c2)B2c4c(cc(-c5ccccc5-c5ccccc5)cc4-n4c5ccccc5c5cccc2c54)O3)c(C)c1. The molecule has 8 aromatic rings. The molecule has 3 heteroatoms. The summed E-state index contributed by atoms with van der Waals surface area (Å²) < 4.78 is 9.49. The molecule has 226 valence electrons. The molecule has 0 radical (unpaired) electrons. The molecule has 0 N–H and O–H groups in total. The highest BCUT2D eigenvalue weighted by Gasteiger charge is 2.41. The number of fused-ring (bicyclic) bond motifs is 7. The molecule has 2 aliphatic heterocycles. The van der Waals surface area contributed by atoms with Crippen LogP contribution in [0.2, 0.25) is 0 Å². The van der Waals surface area contributed by atoms with Crippen LogP contribution in [0.4, 0.5) is 0 Å². The second kappa shape index (κ2) is 10.1. The van der Waals surface area contributed by atoms with E-state index >= 15 is 0 Å². The number of rotatable bonds is 3. The van der Waals surface area contributed by atoms with Crippen LogP contribution >= 0.6 is 0 Å². The zero-order chi connectivity index (χ0) is 32.1. The van der Waals surface area contributed by atoms with Crippen molar-refractivity contribution in [1.29, 1.82) is 0 Å². The van der Waals surface area contributed by atoms with Gasteiger partial charge in [-0.1, -0.05) is 121 Å². The van der Waals surface area contributed by atoms with Gasteiger partial charge in [-0.25, -0.2) is 0 Å². The van der Waals surface area contributed by atoms with E-state index in [0.717, 1.165) is 17.1 Å². The minimum atomic E-state index is 0.0451. The van der Waals surface area contributed by atoms with Crippen LogP contribution in [0.25, 0.3) is 60.9 Å². The highest BCUT2D eigenvalue weighted by molar-refractivity contribution is 6.99. The summed E-state index contributed by atoms with van der Waals surface area (Å²) in [5, 5.41) is 2.57. The number of aromatic nitrogens is 1. The van der Waals surface area contributed by atoms with Gasteiger partial charge in [-0.2, -0.15) is 0 Å². The predicted octanol–water partition coefficient (Wildman–Crippen LogP) is 9.65. The fourth-order valence-electron chi connectivity index (χ4n) is 8.71. The summed E-state index contributed by atoms with van der Waals surface area (Å²) in [4.78, 5) is 0. The standard InChI is InChI=1S/C45H32BNO/c1-27-22-28(2)43(29(3)23-27)31-20-21-41-38(24-31)46-37-18-11-17-36-35-16-9-10-19-39(35)47(45(36)37)40-25-32(26-42(48-41)44(40)46)34-15-8-7-14-33(34)30-12-5-4-6-13-30/h4-26H,1-3H3. The molecule has 48 heavy (non-hydrogen) atoms. The van der Waals surface area contributed by atoms with Gasteiger partial charge in [0.25, 0.3) is 6.71 Å². The molecular formula is C45H32BNO. The Kier molecular flexibility index (Phi) is 5.75. The lowest BCUT2D eigenvalue weighted by Gasteiger charge is -2.34. The van der Waals surface area contributed by atoms with Crippen LogP contribution in [0.15, 0.2) is 140 Å².